The summed E-state index contributed by atoms with van der Waals surface area (Å²) >= 11 is 5.74. The first kappa shape index (κ1) is 11.3. The second-order valence-electron chi connectivity index (χ2n) is 3.09. The topological polar surface area (TPSA) is 83.0 Å². The van der Waals surface area contributed by atoms with Gasteiger partial charge in [-0.05, 0) is 17.7 Å². The number of aromatic nitrogens is 3. The Balaban J connectivity index is 2.02. The molecule has 2 aromatic rings. The number of aromatic amines is 1. The third-order valence-electron chi connectivity index (χ3n) is 1.83. The Hall–Kier alpha value is -2.21. The monoisotopic (exact) mass is 249 g/mol. The molecule has 0 aliphatic heterocycles. The lowest BCUT2D eigenvalue weighted by atomic mass is 10.2. The van der Waals surface area contributed by atoms with Crippen LogP contribution in [0.15, 0.2) is 40.4 Å². The van der Waals surface area contributed by atoms with E-state index in [1.54, 1.807) is 18.3 Å². The van der Waals surface area contributed by atoms with Crippen LogP contribution >= 0.6 is 11.6 Å². The molecule has 0 saturated heterocycles. The predicted octanol–water partition coefficient (Wildman–Crippen LogP) is 1.26. The van der Waals surface area contributed by atoms with E-state index in [-0.39, 0.29) is 5.82 Å². The summed E-state index contributed by atoms with van der Waals surface area (Å²) < 4.78 is 0. The maximum Gasteiger partial charge on any atom is 0.363 e. The van der Waals surface area contributed by atoms with Crippen LogP contribution in [0.2, 0.25) is 5.02 Å². The van der Waals surface area contributed by atoms with Crippen molar-refractivity contribution in [3.8, 4) is 0 Å². The molecule has 0 atom stereocenters. The molecule has 17 heavy (non-hydrogen) atoms. The first-order valence-electron chi connectivity index (χ1n) is 4.70. The van der Waals surface area contributed by atoms with Crippen LogP contribution in [0, 0.1) is 0 Å². The van der Waals surface area contributed by atoms with Crippen LogP contribution in [0.1, 0.15) is 5.56 Å². The van der Waals surface area contributed by atoms with Gasteiger partial charge in [0, 0.05) is 5.02 Å². The number of hydrazone groups is 1. The van der Waals surface area contributed by atoms with Gasteiger partial charge in [-0.2, -0.15) is 15.2 Å². The maximum atomic E-state index is 10.8. The van der Waals surface area contributed by atoms with E-state index in [2.05, 4.69) is 25.7 Å². The van der Waals surface area contributed by atoms with Crippen molar-refractivity contribution in [1.82, 2.24) is 15.2 Å². The SMILES string of the molecule is O=c1nc(N/N=C\c2ccc(Cl)cc2)cn[nH]1. The summed E-state index contributed by atoms with van der Waals surface area (Å²) in [5.74, 6) is 0.277. The maximum absolute atomic E-state index is 10.8. The van der Waals surface area contributed by atoms with Crippen LogP contribution in [-0.4, -0.2) is 21.4 Å². The fourth-order valence-corrected chi connectivity index (χ4v) is 1.21. The molecule has 0 fully saturated rings. The van der Waals surface area contributed by atoms with Crippen molar-refractivity contribution in [1.29, 1.82) is 0 Å². The summed E-state index contributed by atoms with van der Waals surface area (Å²) in [6, 6.07) is 7.15. The van der Waals surface area contributed by atoms with Crippen LogP contribution in [0.5, 0.6) is 0 Å². The van der Waals surface area contributed by atoms with Crippen LogP contribution in [0.4, 0.5) is 5.82 Å². The minimum Gasteiger partial charge on any atom is -0.260 e. The summed E-state index contributed by atoms with van der Waals surface area (Å²) in [6.45, 7) is 0. The molecule has 6 nitrogen and oxygen atoms in total. The lowest BCUT2D eigenvalue weighted by Crippen LogP contribution is -2.13. The van der Waals surface area contributed by atoms with Gasteiger partial charge in [-0.25, -0.2) is 9.89 Å². The Morgan fingerprint density at radius 1 is 1.35 bits per heavy atom. The second kappa shape index (κ2) is 5.22. The van der Waals surface area contributed by atoms with Crippen LogP contribution < -0.4 is 11.1 Å². The van der Waals surface area contributed by atoms with Crippen molar-refractivity contribution >= 4 is 23.6 Å². The molecule has 2 rings (SSSR count). The van der Waals surface area contributed by atoms with E-state index in [0.717, 1.165) is 5.56 Å². The van der Waals surface area contributed by atoms with Gasteiger partial charge in [0.1, 0.15) is 0 Å². The first-order valence-corrected chi connectivity index (χ1v) is 5.08. The predicted molar refractivity (Wildman–Crippen MR) is 65.3 cm³/mol. The quantitative estimate of drug-likeness (QED) is 0.634. The van der Waals surface area contributed by atoms with Gasteiger partial charge in [0.2, 0.25) is 0 Å². The molecule has 86 valence electrons. The number of rotatable bonds is 3. The molecule has 0 saturated carbocycles. The highest BCUT2D eigenvalue weighted by Gasteiger charge is 1.92. The molecule has 0 spiro atoms. The molecule has 0 aliphatic rings. The van der Waals surface area contributed by atoms with Crippen molar-refractivity contribution in [3.05, 3.63) is 51.5 Å². The summed E-state index contributed by atoms with van der Waals surface area (Å²) in [5.41, 5.74) is 2.94. The molecule has 0 unspecified atom stereocenters. The lowest BCUT2D eigenvalue weighted by Gasteiger charge is -1.96. The Morgan fingerprint density at radius 2 is 2.12 bits per heavy atom. The number of hydrogen-bond acceptors (Lipinski definition) is 5. The Kier molecular flexibility index (Phi) is 3.46. The number of nitrogens with one attached hydrogen (secondary N) is 2. The van der Waals surface area contributed by atoms with Gasteiger partial charge in [0.05, 0.1) is 12.4 Å². The molecular formula is C10H8ClN5O. The summed E-state index contributed by atoms with van der Waals surface area (Å²) in [6.07, 6.45) is 2.94. The van der Waals surface area contributed by atoms with Crippen molar-refractivity contribution in [2.24, 2.45) is 5.10 Å². The van der Waals surface area contributed by atoms with Crippen LogP contribution in [0.25, 0.3) is 0 Å². The van der Waals surface area contributed by atoms with Crippen LogP contribution in [0.3, 0.4) is 0 Å². The number of anilines is 1. The molecular weight excluding hydrogens is 242 g/mol. The lowest BCUT2D eigenvalue weighted by molar-refractivity contribution is 0.913. The van der Waals surface area contributed by atoms with Gasteiger partial charge in [0.15, 0.2) is 5.82 Å². The number of H-pyrrole nitrogens is 1. The molecule has 0 bridgehead atoms. The standard InChI is InChI=1S/C10H8ClN5O/c11-8-3-1-7(2-4-8)5-12-15-9-6-13-16-10(17)14-9/h1-6H,(H2,14,15,16,17)/b12-5-. The molecule has 1 aromatic heterocycles. The van der Waals surface area contributed by atoms with Gasteiger partial charge in [0.25, 0.3) is 0 Å². The smallest absolute Gasteiger partial charge is 0.260 e. The van der Waals surface area contributed by atoms with Gasteiger partial charge in [-0.1, -0.05) is 23.7 Å². The second-order valence-corrected chi connectivity index (χ2v) is 3.53. The Labute approximate surface area is 101 Å². The fourth-order valence-electron chi connectivity index (χ4n) is 1.09. The van der Waals surface area contributed by atoms with E-state index in [9.17, 15) is 4.79 Å². The number of benzene rings is 1. The average Bonchev–Trinajstić information content (AvgIpc) is 2.32. The fraction of sp³-hybridized carbons (Fsp3) is 0. The van der Waals surface area contributed by atoms with Gasteiger partial charge >= 0.3 is 5.69 Å². The summed E-state index contributed by atoms with van der Waals surface area (Å²) in [4.78, 5) is 14.4. The number of hydrogen-bond donors (Lipinski definition) is 2. The van der Waals surface area contributed by atoms with Gasteiger partial charge in [-0.15, -0.1) is 0 Å². The Bertz CT molecular complexity index is 578. The highest BCUT2D eigenvalue weighted by atomic mass is 35.5. The zero-order valence-corrected chi connectivity index (χ0v) is 9.35. The third kappa shape index (κ3) is 3.39. The third-order valence-corrected chi connectivity index (χ3v) is 2.08. The van der Waals surface area contributed by atoms with Crippen molar-refractivity contribution < 1.29 is 0 Å². The average molecular weight is 250 g/mol. The van der Waals surface area contributed by atoms with E-state index >= 15 is 0 Å². The highest BCUT2D eigenvalue weighted by molar-refractivity contribution is 6.30. The molecule has 1 aromatic carbocycles. The van der Waals surface area contributed by atoms with E-state index < -0.39 is 5.69 Å². The van der Waals surface area contributed by atoms with Crippen molar-refractivity contribution in [3.63, 3.8) is 0 Å². The Morgan fingerprint density at radius 3 is 2.82 bits per heavy atom. The van der Waals surface area contributed by atoms with Gasteiger partial charge < -0.3 is 0 Å². The number of nitrogens with zero attached hydrogens (tertiary/aromatic N) is 3. The minimum atomic E-state index is -0.531. The first-order chi connectivity index (χ1) is 8.24. The molecule has 0 radical (unpaired) electrons. The normalized spacial score (nSPS) is 10.6. The summed E-state index contributed by atoms with van der Waals surface area (Å²) in [7, 11) is 0. The van der Waals surface area contributed by atoms with E-state index in [0.29, 0.717) is 5.02 Å². The van der Waals surface area contributed by atoms with E-state index in [1.807, 2.05) is 12.1 Å². The molecule has 0 aliphatic carbocycles. The molecule has 0 amide bonds. The minimum absolute atomic E-state index is 0.277. The van der Waals surface area contributed by atoms with Crippen molar-refractivity contribution in [2.75, 3.05) is 5.43 Å². The van der Waals surface area contributed by atoms with Crippen LogP contribution in [-0.2, 0) is 0 Å². The highest BCUT2D eigenvalue weighted by Crippen LogP contribution is 2.07. The molecule has 7 heteroatoms. The number of halogens is 1. The zero-order chi connectivity index (χ0) is 12.1. The zero-order valence-electron chi connectivity index (χ0n) is 8.59. The molecule has 1 heterocycles. The summed E-state index contributed by atoms with van der Waals surface area (Å²) in [5, 5.41) is 10.3. The van der Waals surface area contributed by atoms with E-state index in [1.165, 1.54) is 6.20 Å². The van der Waals surface area contributed by atoms with Crippen molar-refractivity contribution in [2.45, 2.75) is 0 Å². The molecule has 2 N–H and O–H groups in total. The van der Waals surface area contributed by atoms with E-state index in [4.69, 9.17) is 11.6 Å². The largest absolute Gasteiger partial charge is 0.363 e. The van der Waals surface area contributed by atoms with Gasteiger partial charge in [-0.3, -0.25) is 5.43 Å².